The Morgan fingerprint density at radius 3 is 2.79 bits per heavy atom. The van der Waals surface area contributed by atoms with E-state index in [2.05, 4.69) is 11.8 Å². The minimum atomic E-state index is -0.392. The molecule has 132 valence electrons. The number of carbonyl (C=O) groups is 1. The molecule has 0 atom stereocenters. The van der Waals surface area contributed by atoms with E-state index in [1.54, 1.807) is 0 Å². The number of benzene rings is 1. The van der Waals surface area contributed by atoms with Gasteiger partial charge in [-0.15, -0.1) is 0 Å². The van der Waals surface area contributed by atoms with Gasteiger partial charge in [-0.2, -0.15) is 0 Å². The predicted molar refractivity (Wildman–Crippen MR) is 97.8 cm³/mol. The second-order valence-corrected chi connectivity index (χ2v) is 7.45. The number of piperidine rings is 1. The highest BCUT2D eigenvalue weighted by Gasteiger charge is 2.19. The number of ether oxygens (including phenoxy) is 2. The standard InChI is InChI=1S/C17H22FNO3S2/c1-12-5-7-19(8-6-12)17(23)24-11-16(20)22-10-13-9-14(18)3-4-15(13)21-2/h3-4,9,12H,5-8,10-11H2,1-2H3. The highest BCUT2D eigenvalue weighted by molar-refractivity contribution is 8.23. The zero-order valence-electron chi connectivity index (χ0n) is 13.9. The van der Waals surface area contributed by atoms with Crippen LogP contribution in [0.1, 0.15) is 25.3 Å². The third kappa shape index (κ3) is 5.63. The molecule has 0 amide bonds. The fourth-order valence-corrected chi connectivity index (χ4v) is 3.51. The Labute approximate surface area is 151 Å². The van der Waals surface area contributed by atoms with Gasteiger partial charge >= 0.3 is 5.97 Å². The molecule has 0 aliphatic carbocycles. The van der Waals surface area contributed by atoms with Crippen molar-refractivity contribution in [3.05, 3.63) is 29.6 Å². The maximum Gasteiger partial charge on any atom is 0.316 e. The molecule has 1 fully saturated rings. The van der Waals surface area contributed by atoms with Crippen molar-refractivity contribution in [3.8, 4) is 5.75 Å². The number of likely N-dealkylation sites (tertiary alicyclic amines) is 1. The van der Waals surface area contributed by atoms with Crippen LogP contribution in [0.4, 0.5) is 4.39 Å². The molecule has 1 aromatic carbocycles. The third-order valence-corrected chi connectivity index (χ3v) is 5.48. The molecule has 0 spiro atoms. The number of carbonyl (C=O) groups excluding carboxylic acids is 1. The lowest BCUT2D eigenvalue weighted by molar-refractivity contribution is -0.141. The van der Waals surface area contributed by atoms with Gasteiger partial charge in [0.25, 0.3) is 0 Å². The van der Waals surface area contributed by atoms with Crippen LogP contribution in [0.5, 0.6) is 5.75 Å². The monoisotopic (exact) mass is 371 g/mol. The first-order chi connectivity index (χ1) is 11.5. The van der Waals surface area contributed by atoms with Crippen LogP contribution in [-0.4, -0.2) is 41.1 Å². The number of halogens is 1. The summed E-state index contributed by atoms with van der Waals surface area (Å²) in [5.74, 6) is 0.619. The molecule has 1 saturated heterocycles. The summed E-state index contributed by atoms with van der Waals surface area (Å²) >= 11 is 6.69. The van der Waals surface area contributed by atoms with Gasteiger partial charge in [0.2, 0.25) is 0 Å². The van der Waals surface area contributed by atoms with Crippen LogP contribution in [0.2, 0.25) is 0 Å². The summed E-state index contributed by atoms with van der Waals surface area (Å²) in [6.07, 6.45) is 2.26. The van der Waals surface area contributed by atoms with E-state index >= 15 is 0 Å². The zero-order valence-corrected chi connectivity index (χ0v) is 15.6. The van der Waals surface area contributed by atoms with Crippen LogP contribution < -0.4 is 4.74 Å². The molecule has 0 aromatic heterocycles. The lowest BCUT2D eigenvalue weighted by Gasteiger charge is -2.31. The molecule has 7 heteroatoms. The van der Waals surface area contributed by atoms with E-state index in [9.17, 15) is 9.18 Å². The molecule has 0 bridgehead atoms. The minimum Gasteiger partial charge on any atom is -0.496 e. The highest BCUT2D eigenvalue weighted by atomic mass is 32.2. The van der Waals surface area contributed by atoms with Crippen molar-refractivity contribution in [2.24, 2.45) is 5.92 Å². The first-order valence-electron chi connectivity index (χ1n) is 7.89. The smallest absolute Gasteiger partial charge is 0.316 e. The SMILES string of the molecule is COc1ccc(F)cc1COC(=O)CSC(=S)N1CCC(C)CC1. The fourth-order valence-electron chi connectivity index (χ4n) is 2.46. The van der Waals surface area contributed by atoms with Crippen molar-refractivity contribution in [1.29, 1.82) is 0 Å². The average Bonchev–Trinajstić information content (AvgIpc) is 2.58. The lowest BCUT2D eigenvalue weighted by Crippen LogP contribution is -2.35. The molecule has 1 aromatic rings. The highest BCUT2D eigenvalue weighted by Crippen LogP contribution is 2.22. The molecular formula is C17H22FNO3S2. The Kier molecular flexibility index (Phi) is 7.30. The van der Waals surface area contributed by atoms with Crippen LogP contribution in [0.3, 0.4) is 0 Å². The largest absolute Gasteiger partial charge is 0.496 e. The number of thiocarbonyl (C=S) groups is 1. The van der Waals surface area contributed by atoms with Crippen molar-refractivity contribution < 1.29 is 18.7 Å². The number of rotatable bonds is 5. The molecule has 0 saturated carbocycles. The van der Waals surface area contributed by atoms with Gasteiger partial charge in [-0.3, -0.25) is 4.79 Å². The van der Waals surface area contributed by atoms with Gasteiger partial charge < -0.3 is 14.4 Å². The normalized spacial score (nSPS) is 15.2. The summed E-state index contributed by atoms with van der Waals surface area (Å²) in [4.78, 5) is 14.0. The molecule has 0 N–H and O–H groups in total. The quantitative estimate of drug-likeness (QED) is 0.581. The number of hydrogen-bond donors (Lipinski definition) is 0. The van der Waals surface area contributed by atoms with Gasteiger partial charge in [0, 0.05) is 18.7 Å². The average molecular weight is 371 g/mol. The number of methoxy groups -OCH3 is 1. The van der Waals surface area contributed by atoms with E-state index in [0.717, 1.165) is 36.2 Å². The summed E-state index contributed by atoms with van der Waals surface area (Å²) < 4.78 is 24.3. The van der Waals surface area contributed by atoms with Crippen LogP contribution >= 0.6 is 24.0 Å². The molecule has 1 aliphatic heterocycles. The maximum absolute atomic E-state index is 13.3. The van der Waals surface area contributed by atoms with E-state index in [4.69, 9.17) is 21.7 Å². The molecule has 24 heavy (non-hydrogen) atoms. The molecular weight excluding hydrogens is 349 g/mol. The lowest BCUT2D eigenvalue weighted by atomic mass is 10.00. The van der Waals surface area contributed by atoms with Gasteiger partial charge in [0.15, 0.2) is 0 Å². The van der Waals surface area contributed by atoms with Crippen LogP contribution in [0.15, 0.2) is 18.2 Å². The first-order valence-corrected chi connectivity index (χ1v) is 9.28. The minimum absolute atomic E-state index is 0.0195. The Morgan fingerprint density at radius 2 is 2.12 bits per heavy atom. The van der Waals surface area contributed by atoms with Crippen LogP contribution in [-0.2, 0) is 16.1 Å². The van der Waals surface area contributed by atoms with E-state index in [1.165, 1.54) is 37.1 Å². The zero-order chi connectivity index (χ0) is 17.5. The molecule has 1 heterocycles. The Hall–Kier alpha value is -1.34. The van der Waals surface area contributed by atoms with Crippen molar-refractivity contribution in [2.75, 3.05) is 26.0 Å². The molecule has 2 rings (SSSR count). The summed E-state index contributed by atoms with van der Waals surface area (Å²) in [5, 5.41) is 0. The van der Waals surface area contributed by atoms with Crippen molar-refractivity contribution in [3.63, 3.8) is 0 Å². The first kappa shape index (κ1) is 19.0. The van der Waals surface area contributed by atoms with Gasteiger partial charge in [0.05, 0.1) is 12.9 Å². The summed E-state index contributed by atoms with van der Waals surface area (Å²) in [6, 6.07) is 4.12. The Bertz CT molecular complexity index is 589. The molecule has 4 nitrogen and oxygen atoms in total. The summed E-state index contributed by atoms with van der Waals surface area (Å²) in [6.45, 7) is 4.12. The van der Waals surface area contributed by atoms with Gasteiger partial charge in [-0.05, 0) is 37.0 Å². The summed E-state index contributed by atoms with van der Waals surface area (Å²) in [5.41, 5.74) is 0.503. The van der Waals surface area contributed by atoms with Crippen molar-refractivity contribution in [1.82, 2.24) is 4.90 Å². The summed E-state index contributed by atoms with van der Waals surface area (Å²) in [7, 11) is 1.49. The van der Waals surface area contributed by atoms with Crippen LogP contribution in [0, 0.1) is 11.7 Å². The van der Waals surface area contributed by atoms with Gasteiger partial charge in [0.1, 0.15) is 22.5 Å². The fraction of sp³-hybridized carbons (Fsp3) is 0.529. The second-order valence-electron chi connectivity index (χ2n) is 5.84. The second kappa shape index (κ2) is 9.22. The van der Waals surface area contributed by atoms with E-state index in [-0.39, 0.29) is 18.3 Å². The van der Waals surface area contributed by atoms with Gasteiger partial charge in [-0.25, -0.2) is 4.39 Å². The van der Waals surface area contributed by atoms with Gasteiger partial charge in [-0.1, -0.05) is 30.9 Å². The van der Waals surface area contributed by atoms with Crippen molar-refractivity contribution in [2.45, 2.75) is 26.4 Å². The number of esters is 1. The third-order valence-electron chi connectivity index (χ3n) is 3.99. The van der Waals surface area contributed by atoms with Crippen LogP contribution in [0.25, 0.3) is 0 Å². The Balaban J connectivity index is 1.75. The number of hydrogen-bond acceptors (Lipinski definition) is 5. The van der Waals surface area contributed by atoms with E-state index in [1.807, 2.05) is 0 Å². The van der Waals surface area contributed by atoms with E-state index < -0.39 is 5.82 Å². The molecule has 1 aliphatic rings. The molecule has 0 unspecified atom stereocenters. The van der Waals surface area contributed by atoms with E-state index in [0.29, 0.717) is 11.3 Å². The number of nitrogens with zero attached hydrogens (tertiary/aromatic N) is 1. The maximum atomic E-state index is 13.3. The Morgan fingerprint density at radius 1 is 1.42 bits per heavy atom. The van der Waals surface area contributed by atoms with Crippen molar-refractivity contribution >= 4 is 34.3 Å². The number of thioether (sulfide) groups is 1. The topological polar surface area (TPSA) is 38.8 Å². The molecule has 0 radical (unpaired) electrons. The predicted octanol–water partition coefficient (Wildman–Crippen LogP) is 3.63.